The van der Waals surface area contributed by atoms with E-state index in [1.54, 1.807) is 24.1 Å². The zero-order valence-corrected chi connectivity index (χ0v) is 12.0. The predicted molar refractivity (Wildman–Crippen MR) is 80.4 cm³/mol. The molecular formula is C17H17NO3. The van der Waals surface area contributed by atoms with E-state index in [4.69, 9.17) is 4.74 Å². The zero-order valence-electron chi connectivity index (χ0n) is 12.0. The van der Waals surface area contributed by atoms with Crippen LogP contribution in [-0.2, 0) is 4.79 Å². The van der Waals surface area contributed by atoms with Crippen molar-refractivity contribution in [1.29, 1.82) is 0 Å². The van der Waals surface area contributed by atoms with Gasteiger partial charge in [0.2, 0.25) is 0 Å². The maximum absolute atomic E-state index is 12.0. The van der Waals surface area contributed by atoms with Gasteiger partial charge in [0.25, 0.3) is 5.91 Å². The number of aryl methyl sites for hydroxylation is 1. The van der Waals surface area contributed by atoms with E-state index in [0.29, 0.717) is 0 Å². The van der Waals surface area contributed by atoms with Gasteiger partial charge in [-0.15, -0.1) is 0 Å². The minimum atomic E-state index is -0.977. The number of hydrogen-bond acceptors (Lipinski definition) is 3. The van der Waals surface area contributed by atoms with Gasteiger partial charge in [0.15, 0.2) is 6.10 Å². The van der Waals surface area contributed by atoms with Crippen LogP contribution in [0.25, 0.3) is 0 Å². The van der Waals surface area contributed by atoms with E-state index >= 15 is 0 Å². The maximum Gasteiger partial charge on any atom is 0.259 e. The lowest BCUT2D eigenvalue weighted by molar-refractivity contribution is -0.137. The number of carbonyl (C=O) groups is 1. The fraction of sp³-hybridized carbons (Fsp3) is 0.235. The SMILES string of the molecule is COc1ccc(N2C(=O)[C@H](O)[C@H]2c2ccc(C)cc2)cc1. The van der Waals surface area contributed by atoms with Gasteiger partial charge in [-0.25, -0.2) is 0 Å². The molecule has 1 aliphatic rings. The van der Waals surface area contributed by atoms with E-state index in [1.165, 1.54) is 0 Å². The second kappa shape index (κ2) is 5.22. The standard InChI is InChI=1S/C17H17NO3/c1-11-3-5-12(6-4-11)15-16(19)17(20)18(15)13-7-9-14(21-2)10-8-13/h3-10,15-16,19H,1-2H3/t15-,16-/m1/s1. The van der Waals surface area contributed by atoms with Gasteiger partial charge in [0, 0.05) is 5.69 Å². The van der Waals surface area contributed by atoms with Crippen LogP contribution in [0.5, 0.6) is 5.75 Å². The third-order valence-electron chi connectivity index (χ3n) is 3.84. The molecule has 1 fully saturated rings. The molecule has 1 saturated heterocycles. The highest BCUT2D eigenvalue weighted by Gasteiger charge is 2.47. The van der Waals surface area contributed by atoms with Crippen molar-refractivity contribution in [2.75, 3.05) is 12.0 Å². The first-order valence-corrected chi connectivity index (χ1v) is 6.83. The molecule has 3 rings (SSSR count). The molecule has 21 heavy (non-hydrogen) atoms. The number of anilines is 1. The molecule has 1 N–H and O–H groups in total. The monoisotopic (exact) mass is 283 g/mol. The summed E-state index contributed by atoms with van der Waals surface area (Å²) in [5.74, 6) is 0.463. The van der Waals surface area contributed by atoms with E-state index in [1.807, 2.05) is 43.3 Å². The molecule has 2 aromatic carbocycles. The highest BCUT2D eigenvalue weighted by molar-refractivity contribution is 6.04. The van der Waals surface area contributed by atoms with Crippen molar-refractivity contribution in [3.63, 3.8) is 0 Å². The number of ether oxygens (including phenoxy) is 1. The molecule has 0 aromatic heterocycles. The fourth-order valence-corrected chi connectivity index (χ4v) is 2.60. The molecule has 1 amide bonds. The van der Waals surface area contributed by atoms with Crippen LogP contribution in [0.4, 0.5) is 5.69 Å². The molecule has 0 spiro atoms. The van der Waals surface area contributed by atoms with Gasteiger partial charge in [-0.2, -0.15) is 0 Å². The van der Waals surface area contributed by atoms with E-state index in [9.17, 15) is 9.90 Å². The van der Waals surface area contributed by atoms with Gasteiger partial charge in [0.1, 0.15) is 5.75 Å². The second-order valence-corrected chi connectivity index (χ2v) is 5.21. The summed E-state index contributed by atoms with van der Waals surface area (Å²) in [4.78, 5) is 13.6. The molecule has 1 aliphatic heterocycles. The van der Waals surface area contributed by atoms with Crippen molar-refractivity contribution < 1.29 is 14.6 Å². The van der Waals surface area contributed by atoms with Crippen LogP contribution in [0.2, 0.25) is 0 Å². The molecule has 0 aliphatic carbocycles. The summed E-state index contributed by atoms with van der Waals surface area (Å²) in [6.45, 7) is 2.01. The van der Waals surface area contributed by atoms with Gasteiger partial charge >= 0.3 is 0 Å². The summed E-state index contributed by atoms with van der Waals surface area (Å²) in [7, 11) is 1.60. The van der Waals surface area contributed by atoms with Crippen LogP contribution in [0.3, 0.4) is 0 Å². The summed E-state index contributed by atoms with van der Waals surface area (Å²) >= 11 is 0. The summed E-state index contributed by atoms with van der Waals surface area (Å²) in [5.41, 5.74) is 2.84. The van der Waals surface area contributed by atoms with Gasteiger partial charge in [-0.05, 0) is 36.8 Å². The molecule has 0 bridgehead atoms. The maximum atomic E-state index is 12.0. The number of methoxy groups -OCH3 is 1. The summed E-state index contributed by atoms with van der Waals surface area (Å²) in [6.07, 6.45) is -0.977. The Morgan fingerprint density at radius 2 is 1.67 bits per heavy atom. The van der Waals surface area contributed by atoms with Crippen molar-refractivity contribution >= 4 is 11.6 Å². The van der Waals surface area contributed by atoms with Crippen molar-refractivity contribution in [1.82, 2.24) is 0 Å². The Labute approximate surface area is 123 Å². The van der Waals surface area contributed by atoms with Crippen LogP contribution in [0, 0.1) is 6.92 Å². The highest BCUT2D eigenvalue weighted by Crippen LogP contribution is 2.39. The first kappa shape index (κ1) is 13.6. The lowest BCUT2D eigenvalue weighted by atomic mass is 9.89. The molecule has 4 heteroatoms. The first-order chi connectivity index (χ1) is 10.1. The molecule has 1 heterocycles. The number of aliphatic hydroxyl groups excluding tert-OH is 1. The van der Waals surface area contributed by atoms with Crippen LogP contribution < -0.4 is 9.64 Å². The third-order valence-corrected chi connectivity index (χ3v) is 3.84. The minimum Gasteiger partial charge on any atom is -0.497 e. The topological polar surface area (TPSA) is 49.8 Å². The van der Waals surface area contributed by atoms with Crippen LogP contribution >= 0.6 is 0 Å². The van der Waals surface area contributed by atoms with Gasteiger partial charge in [-0.3, -0.25) is 9.69 Å². The molecule has 0 saturated carbocycles. The number of β-lactam (4-membered cyclic amide) rings is 1. The molecule has 2 aromatic rings. The molecule has 0 unspecified atom stereocenters. The lowest BCUT2D eigenvalue weighted by Crippen LogP contribution is -2.59. The smallest absolute Gasteiger partial charge is 0.259 e. The van der Waals surface area contributed by atoms with Crippen molar-refractivity contribution in [2.24, 2.45) is 0 Å². The zero-order chi connectivity index (χ0) is 15.0. The number of carbonyl (C=O) groups excluding carboxylic acids is 1. The Balaban J connectivity index is 1.92. The Hall–Kier alpha value is -2.33. The average Bonchev–Trinajstić information content (AvgIpc) is 2.53. The highest BCUT2D eigenvalue weighted by atomic mass is 16.5. The number of nitrogens with zero attached hydrogens (tertiary/aromatic N) is 1. The minimum absolute atomic E-state index is 0.272. The molecule has 108 valence electrons. The van der Waals surface area contributed by atoms with Gasteiger partial charge < -0.3 is 9.84 Å². The molecule has 2 atom stereocenters. The number of hydrogen-bond donors (Lipinski definition) is 1. The van der Waals surface area contributed by atoms with Crippen molar-refractivity contribution in [3.8, 4) is 5.75 Å². The Bertz CT molecular complexity index is 649. The van der Waals surface area contributed by atoms with E-state index < -0.39 is 6.10 Å². The van der Waals surface area contributed by atoms with Crippen molar-refractivity contribution in [2.45, 2.75) is 19.1 Å². The quantitative estimate of drug-likeness (QED) is 0.880. The van der Waals surface area contributed by atoms with E-state index in [0.717, 1.165) is 22.6 Å². The van der Waals surface area contributed by atoms with Crippen LogP contribution in [0.1, 0.15) is 17.2 Å². The largest absolute Gasteiger partial charge is 0.497 e. The molecular weight excluding hydrogens is 266 g/mol. The summed E-state index contributed by atoms with van der Waals surface area (Å²) in [5, 5.41) is 10.0. The Morgan fingerprint density at radius 3 is 2.24 bits per heavy atom. The lowest BCUT2D eigenvalue weighted by Gasteiger charge is -2.44. The van der Waals surface area contributed by atoms with E-state index in [2.05, 4.69) is 0 Å². The molecule has 0 radical (unpaired) electrons. The number of rotatable bonds is 3. The first-order valence-electron chi connectivity index (χ1n) is 6.83. The normalized spacial score (nSPS) is 21.1. The predicted octanol–water partition coefficient (Wildman–Crippen LogP) is 2.45. The third kappa shape index (κ3) is 2.28. The Kier molecular flexibility index (Phi) is 3.39. The molecule has 4 nitrogen and oxygen atoms in total. The number of aliphatic hydroxyl groups is 1. The fourth-order valence-electron chi connectivity index (χ4n) is 2.60. The van der Waals surface area contributed by atoms with Crippen LogP contribution in [-0.4, -0.2) is 24.2 Å². The van der Waals surface area contributed by atoms with E-state index in [-0.39, 0.29) is 11.9 Å². The summed E-state index contributed by atoms with van der Waals surface area (Å²) in [6, 6.07) is 14.8. The van der Waals surface area contributed by atoms with Crippen LogP contribution in [0.15, 0.2) is 48.5 Å². The second-order valence-electron chi connectivity index (χ2n) is 5.21. The average molecular weight is 283 g/mol. The van der Waals surface area contributed by atoms with Gasteiger partial charge in [-0.1, -0.05) is 29.8 Å². The van der Waals surface area contributed by atoms with Gasteiger partial charge in [0.05, 0.1) is 13.2 Å². The number of benzene rings is 2. The summed E-state index contributed by atoms with van der Waals surface area (Å²) < 4.78 is 5.12. The number of amides is 1. The van der Waals surface area contributed by atoms with Crippen molar-refractivity contribution in [3.05, 3.63) is 59.7 Å². The Morgan fingerprint density at radius 1 is 1.05 bits per heavy atom.